The van der Waals surface area contributed by atoms with Crippen LogP contribution < -0.4 is 5.73 Å². The summed E-state index contributed by atoms with van der Waals surface area (Å²) in [7, 11) is 0. The third-order valence-corrected chi connectivity index (χ3v) is 3.54. The Morgan fingerprint density at radius 1 is 1.25 bits per heavy atom. The number of likely N-dealkylation sites (tertiary alicyclic amines) is 1. The maximum atomic E-state index is 5.52. The van der Waals surface area contributed by atoms with Crippen LogP contribution in [0.5, 0.6) is 0 Å². The maximum Gasteiger partial charge on any atom is 0.000978 e. The number of hydrogen-bond donors (Lipinski definition) is 1. The summed E-state index contributed by atoms with van der Waals surface area (Å²) in [5.41, 5.74) is 5.52. The van der Waals surface area contributed by atoms with Crippen molar-refractivity contribution in [1.29, 1.82) is 0 Å². The highest BCUT2D eigenvalue weighted by Crippen LogP contribution is 2.22. The Balaban J connectivity index is 2.12. The van der Waals surface area contributed by atoms with Crippen LogP contribution in [0, 0.1) is 11.8 Å². The summed E-state index contributed by atoms with van der Waals surface area (Å²) in [4.78, 5) is 2.67. The highest BCUT2D eigenvalue weighted by molar-refractivity contribution is 4.73. The average Bonchev–Trinajstić information content (AvgIpc) is 2.24. The minimum absolute atomic E-state index is 0.816. The van der Waals surface area contributed by atoms with Gasteiger partial charge in [0.2, 0.25) is 0 Å². The molecule has 1 aliphatic heterocycles. The van der Waals surface area contributed by atoms with E-state index in [2.05, 4.69) is 18.7 Å². The summed E-state index contributed by atoms with van der Waals surface area (Å²) >= 11 is 0. The van der Waals surface area contributed by atoms with Crippen molar-refractivity contribution in [2.45, 2.75) is 52.4 Å². The molecule has 2 heteroatoms. The lowest BCUT2D eigenvalue weighted by molar-refractivity contribution is 0.151. The predicted octanol–water partition coefficient (Wildman–Crippen LogP) is 2.87. The molecule has 0 radical (unpaired) electrons. The molecular weight excluding hydrogens is 196 g/mol. The lowest BCUT2D eigenvalue weighted by Crippen LogP contribution is -2.37. The Morgan fingerprint density at radius 2 is 2.06 bits per heavy atom. The van der Waals surface area contributed by atoms with Gasteiger partial charge in [0.1, 0.15) is 0 Å². The number of unbranched alkanes of at least 4 members (excludes halogenated alkanes) is 2. The highest BCUT2D eigenvalue weighted by atomic mass is 15.1. The first-order valence-corrected chi connectivity index (χ1v) is 7.14. The molecule has 1 atom stereocenters. The lowest BCUT2D eigenvalue weighted by Gasteiger charge is -2.33. The topological polar surface area (TPSA) is 29.3 Å². The summed E-state index contributed by atoms with van der Waals surface area (Å²) in [6.07, 6.45) is 8.22. The third-order valence-electron chi connectivity index (χ3n) is 3.54. The quantitative estimate of drug-likeness (QED) is 0.676. The van der Waals surface area contributed by atoms with Gasteiger partial charge >= 0.3 is 0 Å². The number of piperidine rings is 1. The summed E-state index contributed by atoms with van der Waals surface area (Å²) in [6, 6.07) is 0. The number of hydrogen-bond acceptors (Lipinski definition) is 2. The van der Waals surface area contributed by atoms with Crippen molar-refractivity contribution in [3.8, 4) is 0 Å². The summed E-state index contributed by atoms with van der Waals surface area (Å²) in [5, 5.41) is 0. The van der Waals surface area contributed by atoms with Gasteiger partial charge in [-0.25, -0.2) is 0 Å². The zero-order valence-corrected chi connectivity index (χ0v) is 11.3. The first-order chi connectivity index (χ1) is 7.72. The number of rotatable bonds is 7. The third kappa shape index (κ3) is 5.86. The number of nitrogens with two attached hydrogens (primary N) is 1. The molecule has 16 heavy (non-hydrogen) atoms. The van der Waals surface area contributed by atoms with Crippen LogP contribution in [0.4, 0.5) is 0 Å². The van der Waals surface area contributed by atoms with Crippen molar-refractivity contribution >= 4 is 0 Å². The molecule has 1 heterocycles. The van der Waals surface area contributed by atoms with Crippen molar-refractivity contribution in [2.75, 3.05) is 26.2 Å². The van der Waals surface area contributed by atoms with Gasteiger partial charge in [-0.2, -0.15) is 0 Å². The first-order valence-electron chi connectivity index (χ1n) is 7.14. The van der Waals surface area contributed by atoms with E-state index in [1.165, 1.54) is 58.2 Å². The second-order valence-corrected chi connectivity index (χ2v) is 5.80. The molecule has 0 aromatic rings. The zero-order chi connectivity index (χ0) is 11.8. The second kappa shape index (κ2) is 8.08. The van der Waals surface area contributed by atoms with Crippen LogP contribution in [0.15, 0.2) is 0 Å². The molecule has 0 spiro atoms. The van der Waals surface area contributed by atoms with Crippen LogP contribution in [0.25, 0.3) is 0 Å². The van der Waals surface area contributed by atoms with Crippen molar-refractivity contribution < 1.29 is 0 Å². The SMILES string of the molecule is CC(C)CN1CCCC(CCCCCN)C1. The minimum atomic E-state index is 0.816. The molecule has 96 valence electrons. The Bertz CT molecular complexity index is 168. The van der Waals surface area contributed by atoms with E-state index in [1.807, 2.05) is 0 Å². The van der Waals surface area contributed by atoms with Gasteiger partial charge in [-0.05, 0) is 50.6 Å². The Kier molecular flexibility index (Phi) is 7.06. The molecule has 0 aliphatic carbocycles. The smallest absolute Gasteiger partial charge is 0.000978 e. The van der Waals surface area contributed by atoms with Crippen molar-refractivity contribution in [3.05, 3.63) is 0 Å². The van der Waals surface area contributed by atoms with Crippen LogP contribution >= 0.6 is 0 Å². The second-order valence-electron chi connectivity index (χ2n) is 5.80. The molecule has 1 saturated heterocycles. The highest BCUT2D eigenvalue weighted by Gasteiger charge is 2.19. The van der Waals surface area contributed by atoms with Crippen molar-refractivity contribution in [3.63, 3.8) is 0 Å². The van der Waals surface area contributed by atoms with E-state index in [-0.39, 0.29) is 0 Å². The molecule has 1 fully saturated rings. The van der Waals surface area contributed by atoms with Crippen LogP contribution in [-0.4, -0.2) is 31.1 Å². The fourth-order valence-corrected chi connectivity index (χ4v) is 2.82. The van der Waals surface area contributed by atoms with E-state index in [1.54, 1.807) is 0 Å². The van der Waals surface area contributed by atoms with E-state index in [0.29, 0.717) is 0 Å². The largest absolute Gasteiger partial charge is 0.330 e. The Hall–Kier alpha value is -0.0800. The van der Waals surface area contributed by atoms with Crippen LogP contribution in [-0.2, 0) is 0 Å². The molecule has 2 nitrogen and oxygen atoms in total. The van der Waals surface area contributed by atoms with Crippen LogP contribution in [0.3, 0.4) is 0 Å². The van der Waals surface area contributed by atoms with Crippen molar-refractivity contribution in [2.24, 2.45) is 17.6 Å². The normalized spacial score (nSPS) is 22.9. The van der Waals surface area contributed by atoms with E-state index >= 15 is 0 Å². The standard InChI is InChI=1S/C14H30N2/c1-13(2)11-16-10-6-8-14(12-16)7-4-3-5-9-15/h13-14H,3-12,15H2,1-2H3. The summed E-state index contributed by atoms with van der Waals surface area (Å²) < 4.78 is 0. The van der Waals surface area contributed by atoms with Gasteiger partial charge in [-0.1, -0.05) is 26.7 Å². The molecule has 0 amide bonds. The molecule has 0 saturated carbocycles. The predicted molar refractivity (Wildman–Crippen MR) is 71.5 cm³/mol. The molecule has 0 aromatic heterocycles. The average molecular weight is 226 g/mol. The van der Waals surface area contributed by atoms with Gasteiger partial charge in [0, 0.05) is 13.1 Å². The van der Waals surface area contributed by atoms with Gasteiger partial charge in [0.25, 0.3) is 0 Å². The Morgan fingerprint density at radius 3 is 2.75 bits per heavy atom. The minimum Gasteiger partial charge on any atom is -0.330 e. The molecule has 0 bridgehead atoms. The van der Waals surface area contributed by atoms with Gasteiger partial charge in [0.05, 0.1) is 0 Å². The molecule has 1 rings (SSSR count). The van der Waals surface area contributed by atoms with Gasteiger partial charge in [0.15, 0.2) is 0 Å². The van der Waals surface area contributed by atoms with E-state index in [4.69, 9.17) is 5.73 Å². The van der Waals surface area contributed by atoms with Gasteiger partial charge < -0.3 is 10.6 Å². The van der Waals surface area contributed by atoms with Crippen LogP contribution in [0.1, 0.15) is 52.4 Å². The molecule has 2 N–H and O–H groups in total. The van der Waals surface area contributed by atoms with Crippen molar-refractivity contribution in [1.82, 2.24) is 4.90 Å². The Labute approximate surface area is 102 Å². The fourth-order valence-electron chi connectivity index (χ4n) is 2.82. The maximum absolute atomic E-state index is 5.52. The first kappa shape index (κ1) is 14.0. The van der Waals surface area contributed by atoms with Gasteiger partial charge in [-0.3, -0.25) is 0 Å². The van der Waals surface area contributed by atoms with Gasteiger partial charge in [-0.15, -0.1) is 0 Å². The molecule has 1 aliphatic rings. The molecular formula is C14H30N2. The number of nitrogens with zero attached hydrogens (tertiary/aromatic N) is 1. The fraction of sp³-hybridized carbons (Fsp3) is 1.00. The summed E-state index contributed by atoms with van der Waals surface area (Å²) in [5.74, 6) is 1.78. The van der Waals surface area contributed by atoms with E-state index in [9.17, 15) is 0 Å². The van der Waals surface area contributed by atoms with E-state index in [0.717, 1.165) is 18.4 Å². The van der Waals surface area contributed by atoms with E-state index < -0.39 is 0 Å². The molecule has 1 unspecified atom stereocenters. The summed E-state index contributed by atoms with van der Waals surface area (Å²) in [6.45, 7) is 9.48. The zero-order valence-electron chi connectivity index (χ0n) is 11.3. The van der Waals surface area contributed by atoms with Crippen LogP contribution in [0.2, 0.25) is 0 Å². The monoisotopic (exact) mass is 226 g/mol. The lowest BCUT2D eigenvalue weighted by atomic mass is 9.92. The molecule has 0 aromatic carbocycles.